The quantitative estimate of drug-likeness (QED) is 0.507. The van der Waals surface area contributed by atoms with Crippen LogP contribution in [0.2, 0.25) is 0 Å². The summed E-state index contributed by atoms with van der Waals surface area (Å²) in [6.07, 6.45) is 3.98. The third kappa shape index (κ3) is 4.82. The van der Waals surface area contributed by atoms with E-state index in [9.17, 15) is 19.4 Å². The molecule has 0 saturated heterocycles. The number of aliphatic hydroxyl groups is 2. The van der Waals surface area contributed by atoms with E-state index in [0.29, 0.717) is 28.8 Å². The van der Waals surface area contributed by atoms with E-state index in [-0.39, 0.29) is 12.3 Å². The highest BCUT2D eigenvalue weighted by Gasteiger charge is 2.27. The first-order chi connectivity index (χ1) is 15.1. The van der Waals surface area contributed by atoms with Crippen molar-refractivity contribution in [3.8, 4) is 0 Å². The number of nitrogens with one attached hydrogen (secondary N) is 1. The number of aryl methyl sites for hydroxylation is 1. The Labute approximate surface area is 190 Å². The van der Waals surface area contributed by atoms with Crippen LogP contribution >= 0.6 is 11.3 Å². The maximum Gasteiger partial charge on any atom is 0.274 e. The molecule has 0 spiro atoms. The minimum atomic E-state index is -1.22. The molecule has 0 atom stereocenters. The largest absolute Gasteiger partial charge is 0.396 e. The highest BCUT2D eigenvalue weighted by atomic mass is 32.1. The number of rotatable bonds is 5. The second-order valence-electron chi connectivity index (χ2n) is 9.14. The van der Waals surface area contributed by atoms with Crippen LogP contribution in [-0.2, 0) is 5.60 Å². The van der Waals surface area contributed by atoms with Crippen molar-refractivity contribution < 1.29 is 19.4 Å². The summed E-state index contributed by atoms with van der Waals surface area (Å²) in [5, 5.41) is 24.0. The van der Waals surface area contributed by atoms with E-state index in [4.69, 9.17) is 4.98 Å². The second kappa shape index (κ2) is 8.84. The predicted molar refractivity (Wildman–Crippen MR) is 124 cm³/mol. The second-order valence-corrected chi connectivity index (χ2v) is 10.2. The Bertz CT molecular complexity index is 1130. The van der Waals surface area contributed by atoms with Crippen LogP contribution < -0.4 is 5.32 Å². The van der Waals surface area contributed by atoms with Crippen LogP contribution in [0, 0.1) is 18.7 Å². The maximum atomic E-state index is 13.7. The summed E-state index contributed by atoms with van der Waals surface area (Å²) in [5.41, 5.74) is 0.950. The molecule has 32 heavy (non-hydrogen) atoms. The molecular weight excluding hydrogens is 429 g/mol. The molecule has 0 aliphatic heterocycles. The van der Waals surface area contributed by atoms with Gasteiger partial charge in [0.25, 0.3) is 5.91 Å². The average Bonchev–Trinajstić information content (AvgIpc) is 3.15. The van der Waals surface area contributed by atoms with Gasteiger partial charge in [0.2, 0.25) is 0 Å². The lowest BCUT2D eigenvalue weighted by Crippen LogP contribution is -2.21. The van der Waals surface area contributed by atoms with E-state index in [2.05, 4.69) is 10.3 Å². The van der Waals surface area contributed by atoms with E-state index < -0.39 is 17.3 Å². The van der Waals surface area contributed by atoms with Crippen LogP contribution in [0.15, 0.2) is 24.3 Å². The molecule has 2 aromatic heterocycles. The number of benzene rings is 1. The number of thiazole rings is 1. The number of hydrogen-bond donors (Lipinski definition) is 3. The Morgan fingerprint density at radius 3 is 2.53 bits per heavy atom. The summed E-state index contributed by atoms with van der Waals surface area (Å²) >= 11 is 1.59. The maximum absolute atomic E-state index is 13.7. The number of amides is 1. The molecule has 2 heterocycles. The van der Waals surface area contributed by atoms with Crippen LogP contribution in [0.3, 0.4) is 0 Å². The monoisotopic (exact) mass is 457 g/mol. The van der Waals surface area contributed by atoms with Crippen molar-refractivity contribution in [1.82, 2.24) is 9.97 Å². The minimum Gasteiger partial charge on any atom is -0.396 e. The van der Waals surface area contributed by atoms with Gasteiger partial charge in [-0.25, -0.2) is 14.4 Å². The summed E-state index contributed by atoms with van der Waals surface area (Å²) in [7, 11) is 0. The Balaban J connectivity index is 1.67. The molecule has 0 unspecified atom stereocenters. The van der Waals surface area contributed by atoms with Crippen LogP contribution in [0.25, 0.3) is 10.2 Å². The highest BCUT2D eigenvalue weighted by molar-refractivity contribution is 7.18. The molecule has 6 nitrogen and oxygen atoms in total. The van der Waals surface area contributed by atoms with Crippen LogP contribution in [0.4, 0.5) is 10.1 Å². The van der Waals surface area contributed by atoms with Crippen LogP contribution in [0.1, 0.15) is 72.2 Å². The lowest BCUT2D eigenvalue weighted by molar-refractivity contribution is 0.0794. The van der Waals surface area contributed by atoms with Gasteiger partial charge in [-0.3, -0.25) is 4.79 Å². The number of halogens is 1. The number of aliphatic hydroxyl groups excluding tert-OH is 1. The van der Waals surface area contributed by atoms with Crippen molar-refractivity contribution in [2.24, 2.45) is 5.92 Å². The molecule has 1 aromatic carbocycles. The van der Waals surface area contributed by atoms with Crippen molar-refractivity contribution in [2.75, 3.05) is 11.9 Å². The number of carbonyl (C=O) groups is 1. The van der Waals surface area contributed by atoms with Gasteiger partial charge in [-0.05, 0) is 70.6 Å². The van der Waals surface area contributed by atoms with Gasteiger partial charge in [-0.1, -0.05) is 0 Å². The molecule has 1 saturated carbocycles. The highest BCUT2D eigenvalue weighted by Crippen LogP contribution is 2.41. The van der Waals surface area contributed by atoms with Gasteiger partial charge in [0, 0.05) is 35.5 Å². The third-order valence-corrected chi connectivity index (χ3v) is 7.24. The Kier molecular flexibility index (Phi) is 6.29. The molecule has 1 amide bonds. The first-order valence-corrected chi connectivity index (χ1v) is 11.7. The van der Waals surface area contributed by atoms with Gasteiger partial charge in [0.1, 0.15) is 11.5 Å². The first kappa shape index (κ1) is 22.8. The minimum absolute atomic E-state index is 0.0186. The molecule has 3 N–H and O–H groups in total. The fourth-order valence-corrected chi connectivity index (χ4v) is 5.45. The van der Waals surface area contributed by atoms with E-state index in [1.165, 1.54) is 6.07 Å². The third-order valence-electron chi connectivity index (χ3n) is 6.06. The number of fused-ring (bicyclic) bond motifs is 1. The zero-order valence-electron chi connectivity index (χ0n) is 18.5. The topological polar surface area (TPSA) is 95.3 Å². The fraction of sp³-hybridized carbons (Fsp3) is 0.458. The molecule has 4 rings (SSSR count). The molecule has 1 aliphatic rings. The normalized spacial score (nSPS) is 19.3. The number of hydrogen-bond acceptors (Lipinski definition) is 6. The molecule has 0 bridgehead atoms. The van der Waals surface area contributed by atoms with Gasteiger partial charge >= 0.3 is 0 Å². The average molecular weight is 458 g/mol. The predicted octanol–water partition coefficient (Wildman–Crippen LogP) is 4.88. The molecule has 3 aromatic rings. The molecule has 8 heteroatoms. The van der Waals surface area contributed by atoms with Crippen molar-refractivity contribution in [1.29, 1.82) is 0 Å². The zero-order chi connectivity index (χ0) is 23.0. The number of aromatic nitrogens is 2. The van der Waals surface area contributed by atoms with Crippen molar-refractivity contribution in [2.45, 2.75) is 58.0 Å². The summed E-state index contributed by atoms with van der Waals surface area (Å²) in [6, 6.07) is 6.00. The van der Waals surface area contributed by atoms with E-state index in [1.807, 2.05) is 12.1 Å². The summed E-state index contributed by atoms with van der Waals surface area (Å²) in [4.78, 5) is 21.7. The number of anilines is 1. The Hall–Kier alpha value is -2.42. The van der Waals surface area contributed by atoms with Crippen LogP contribution in [0.5, 0.6) is 0 Å². The van der Waals surface area contributed by atoms with Gasteiger partial charge in [-0.2, -0.15) is 0 Å². The summed E-state index contributed by atoms with van der Waals surface area (Å²) < 4.78 is 14.7. The number of pyridine rings is 1. The van der Waals surface area contributed by atoms with Crippen LogP contribution in [-0.4, -0.2) is 32.7 Å². The molecular formula is C24H28FN3O3S. The fourth-order valence-electron chi connectivity index (χ4n) is 4.30. The zero-order valence-corrected chi connectivity index (χ0v) is 19.3. The molecule has 170 valence electrons. The van der Waals surface area contributed by atoms with E-state index in [0.717, 1.165) is 47.0 Å². The SMILES string of the molecule is Cc1cc(F)cc(C(=O)Nc2cc3sc([C@H]4CC[C@H](CO)CC4)nc3cc2C(C)(C)O)n1. The van der Waals surface area contributed by atoms with Gasteiger partial charge in [-0.15, -0.1) is 11.3 Å². The molecule has 1 aliphatic carbocycles. The smallest absolute Gasteiger partial charge is 0.274 e. The van der Waals surface area contributed by atoms with Crippen molar-refractivity contribution >= 4 is 33.1 Å². The summed E-state index contributed by atoms with van der Waals surface area (Å²) in [6.45, 7) is 5.17. The van der Waals surface area contributed by atoms with Crippen molar-refractivity contribution in [3.63, 3.8) is 0 Å². The Morgan fingerprint density at radius 1 is 1.19 bits per heavy atom. The Morgan fingerprint density at radius 2 is 1.91 bits per heavy atom. The van der Waals surface area contributed by atoms with E-state index >= 15 is 0 Å². The lowest BCUT2D eigenvalue weighted by atomic mass is 9.83. The molecule has 1 fully saturated rings. The van der Waals surface area contributed by atoms with Gasteiger partial charge in [0.15, 0.2) is 0 Å². The van der Waals surface area contributed by atoms with Crippen molar-refractivity contribution in [3.05, 3.63) is 52.0 Å². The summed E-state index contributed by atoms with van der Waals surface area (Å²) in [5.74, 6) is -0.323. The van der Waals surface area contributed by atoms with Gasteiger partial charge < -0.3 is 15.5 Å². The number of nitrogens with zero attached hydrogens (tertiary/aromatic N) is 2. The molecule has 0 radical (unpaired) electrons. The first-order valence-electron chi connectivity index (χ1n) is 10.9. The van der Waals surface area contributed by atoms with Gasteiger partial charge in [0.05, 0.1) is 20.8 Å². The standard InChI is InChI=1S/C24H28FN3O3S/c1-13-8-16(25)9-20(26-13)22(30)27-18-11-21-19(10-17(18)24(2,3)31)28-23(32-21)15-6-4-14(12-29)5-7-15/h8-11,14-15,29,31H,4-7,12H2,1-3H3,(H,27,30)/t14-,15-. The lowest BCUT2D eigenvalue weighted by Gasteiger charge is -2.25. The van der Waals surface area contributed by atoms with E-state index in [1.54, 1.807) is 32.1 Å². The number of carbonyl (C=O) groups excluding carboxylic acids is 1.